The van der Waals surface area contributed by atoms with Crippen LogP contribution in [0.5, 0.6) is 0 Å². The van der Waals surface area contributed by atoms with Gasteiger partial charge in [-0.25, -0.2) is 8.42 Å². The summed E-state index contributed by atoms with van der Waals surface area (Å²) in [6.45, 7) is 4.00. The zero-order valence-corrected chi connectivity index (χ0v) is 10.5. The summed E-state index contributed by atoms with van der Waals surface area (Å²) in [5.41, 5.74) is 1.03. The summed E-state index contributed by atoms with van der Waals surface area (Å²) >= 11 is 0. The molecule has 1 aromatic rings. The van der Waals surface area contributed by atoms with Gasteiger partial charge in [-0.3, -0.25) is 4.79 Å². The van der Waals surface area contributed by atoms with Crippen LogP contribution in [0.1, 0.15) is 22.8 Å². The van der Waals surface area contributed by atoms with Crippen LogP contribution in [0.3, 0.4) is 0 Å². The highest BCUT2D eigenvalue weighted by molar-refractivity contribution is 8.13. The molecule has 0 aliphatic rings. The van der Waals surface area contributed by atoms with Gasteiger partial charge in [-0.05, 0) is 31.5 Å². The van der Waals surface area contributed by atoms with E-state index >= 15 is 0 Å². The molecule has 0 aliphatic carbocycles. The monoisotopic (exact) mass is 261 g/mol. The van der Waals surface area contributed by atoms with E-state index in [-0.39, 0.29) is 10.8 Å². The lowest BCUT2D eigenvalue weighted by molar-refractivity contribution is 0.0955. The summed E-state index contributed by atoms with van der Waals surface area (Å²) in [6.07, 6.45) is 0. The number of halogens is 1. The van der Waals surface area contributed by atoms with Crippen LogP contribution in [0.4, 0.5) is 0 Å². The molecule has 1 amide bonds. The van der Waals surface area contributed by atoms with Crippen molar-refractivity contribution in [2.75, 3.05) is 6.54 Å². The highest BCUT2D eigenvalue weighted by atomic mass is 35.7. The molecular formula is C10H12ClNO3S. The summed E-state index contributed by atoms with van der Waals surface area (Å²) in [6, 6.07) is 4.21. The summed E-state index contributed by atoms with van der Waals surface area (Å²) in [7, 11) is 1.41. The first-order valence-electron chi connectivity index (χ1n) is 4.69. The SMILES string of the molecule is CCNC(=O)c1cc(S(=O)(=O)Cl)ccc1C. The molecule has 0 aliphatic heterocycles. The van der Waals surface area contributed by atoms with Crippen LogP contribution >= 0.6 is 10.7 Å². The fourth-order valence-corrected chi connectivity index (χ4v) is 2.03. The van der Waals surface area contributed by atoms with Gasteiger partial charge in [0.25, 0.3) is 15.0 Å². The van der Waals surface area contributed by atoms with Crippen molar-refractivity contribution in [3.05, 3.63) is 29.3 Å². The topological polar surface area (TPSA) is 63.2 Å². The summed E-state index contributed by atoms with van der Waals surface area (Å²) < 4.78 is 22.2. The number of aryl methyl sites for hydroxylation is 1. The Kier molecular flexibility index (Phi) is 3.93. The quantitative estimate of drug-likeness (QED) is 0.842. The normalized spacial score (nSPS) is 11.2. The van der Waals surface area contributed by atoms with Gasteiger partial charge in [0.1, 0.15) is 0 Å². The molecule has 0 unspecified atom stereocenters. The first-order valence-corrected chi connectivity index (χ1v) is 7.00. The van der Waals surface area contributed by atoms with Crippen LogP contribution in [-0.2, 0) is 9.05 Å². The van der Waals surface area contributed by atoms with Gasteiger partial charge >= 0.3 is 0 Å². The number of hydrogen-bond acceptors (Lipinski definition) is 3. The van der Waals surface area contributed by atoms with Crippen molar-refractivity contribution < 1.29 is 13.2 Å². The lowest BCUT2D eigenvalue weighted by atomic mass is 10.1. The Hall–Kier alpha value is -1.07. The van der Waals surface area contributed by atoms with Crippen molar-refractivity contribution in [1.82, 2.24) is 5.32 Å². The Morgan fingerprint density at radius 3 is 2.56 bits per heavy atom. The lowest BCUT2D eigenvalue weighted by Gasteiger charge is -2.07. The van der Waals surface area contributed by atoms with Crippen LogP contribution < -0.4 is 5.32 Å². The maximum absolute atomic E-state index is 11.6. The molecule has 88 valence electrons. The van der Waals surface area contributed by atoms with Gasteiger partial charge in [0, 0.05) is 22.8 Å². The average Bonchev–Trinajstić information content (AvgIpc) is 2.16. The van der Waals surface area contributed by atoms with E-state index in [9.17, 15) is 13.2 Å². The van der Waals surface area contributed by atoms with Gasteiger partial charge < -0.3 is 5.32 Å². The first kappa shape index (κ1) is 13.0. The van der Waals surface area contributed by atoms with Crippen molar-refractivity contribution >= 4 is 25.6 Å². The van der Waals surface area contributed by atoms with E-state index in [0.29, 0.717) is 17.7 Å². The summed E-state index contributed by atoms with van der Waals surface area (Å²) in [5, 5.41) is 2.60. The Balaban J connectivity index is 3.24. The molecule has 16 heavy (non-hydrogen) atoms. The highest BCUT2D eigenvalue weighted by Crippen LogP contribution is 2.18. The van der Waals surface area contributed by atoms with E-state index in [4.69, 9.17) is 10.7 Å². The van der Waals surface area contributed by atoms with Gasteiger partial charge in [0.2, 0.25) is 0 Å². The molecule has 1 N–H and O–H groups in total. The van der Waals surface area contributed by atoms with E-state index in [1.54, 1.807) is 19.9 Å². The molecule has 0 atom stereocenters. The largest absolute Gasteiger partial charge is 0.352 e. The van der Waals surface area contributed by atoms with E-state index in [2.05, 4.69) is 5.32 Å². The molecule has 0 heterocycles. The molecule has 0 aromatic heterocycles. The maximum Gasteiger partial charge on any atom is 0.261 e. The Labute approximate surface area is 99.0 Å². The van der Waals surface area contributed by atoms with Crippen molar-refractivity contribution in [3.8, 4) is 0 Å². The Bertz CT molecular complexity index is 511. The highest BCUT2D eigenvalue weighted by Gasteiger charge is 2.15. The van der Waals surface area contributed by atoms with E-state index < -0.39 is 9.05 Å². The minimum Gasteiger partial charge on any atom is -0.352 e. The molecule has 0 saturated carbocycles. The van der Waals surface area contributed by atoms with Crippen LogP contribution in [0.25, 0.3) is 0 Å². The van der Waals surface area contributed by atoms with Crippen LogP contribution in [0.2, 0.25) is 0 Å². The predicted molar refractivity (Wildman–Crippen MR) is 62.2 cm³/mol. The molecule has 6 heteroatoms. The Morgan fingerprint density at radius 1 is 1.44 bits per heavy atom. The van der Waals surface area contributed by atoms with Crippen molar-refractivity contribution in [2.45, 2.75) is 18.7 Å². The first-order chi connectivity index (χ1) is 7.36. The number of benzene rings is 1. The number of rotatable bonds is 3. The smallest absolute Gasteiger partial charge is 0.261 e. The fraction of sp³-hybridized carbons (Fsp3) is 0.300. The summed E-state index contributed by atoms with van der Waals surface area (Å²) in [4.78, 5) is 11.5. The second-order valence-corrected chi connectivity index (χ2v) is 5.84. The number of hydrogen-bond donors (Lipinski definition) is 1. The van der Waals surface area contributed by atoms with Gasteiger partial charge in [-0.15, -0.1) is 0 Å². The number of carbonyl (C=O) groups excluding carboxylic acids is 1. The molecule has 0 saturated heterocycles. The molecule has 0 fully saturated rings. The Morgan fingerprint density at radius 2 is 2.06 bits per heavy atom. The van der Waals surface area contributed by atoms with Crippen LogP contribution in [0, 0.1) is 6.92 Å². The van der Waals surface area contributed by atoms with Gasteiger partial charge in [-0.2, -0.15) is 0 Å². The zero-order chi connectivity index (χ0) is 12.3. The summed E-state index contributed by atoms with van der Waals surface area (Å²) in [5.74, 6) is -0.304. The number of amides is 1. The molecule has 4 nitrogen and oxygen atoms in total. The molecule has 0 bridgehead atoms. The molecular weight excluding hydrogens is 250 g/mol. The zero-order valence-electron chi connectivity index (χ0n) is 8.95. The molecule has 0 radical (unpaired) electrons. The molecule has 1 aromatic carbocycles. The fourth-order valence-electron chi connectivity index (χ4n) is 1.25. The van der Waals surface area contributed by atoms with E-state index in [1.807, 2.05) is 0 Å². The minimum absolute atomic E-state index is 0.0685. The van der Waals surface area contributed by atoms with Crippen molar-refractivity contribution in [2.24, 2.45) is 0 Å². The van der Waals surface area contributed by atoms with E-state index in [0.717, 1.165) is 0 Å². The third kappa shape index (κ3) is 2.96. The second-order valence-electron chi connectivity index (χ2n) is 3.27. The predicted octanol–water partition coefficient (Wildman–Crippen LogP) is 1.67. The molecule has 1 rings (SSSR count). The van der Waals surface area contributed by atoms with Crippen LogP contribution in [-0.4, -0.2) is 20.9 Å². The lowest BCUT2D eigenvalue weighted by Crippen LogP contribution is -2.23. The van der Waals surface area contributed by atoms with Crippen molar-refractivity contribution in [3.63, 3.8) is 0 Å². The second kappa shape index (κ2) is 4.84. The van der Waals surface area contributed by atoms with Crippen molar-refractivity contribution in [1.29, 1.82) is 0 Å². The van der Waals surface area contributed by atoms with Gasteiger partial charge in [0.15, 0.2) is 0 Å². The van der Waals surface area contributed by atoms with Gasteiger partial charge in [0.05, 0.1) is 4.90 Å². The standard InChI is InChI=1S/C10H12ClNO3S/c1-3-12-10(13)9-6-8(16(11,14)15)5-4-7(9)2/h4-6H,3H2,1-2H3,(H,12,13). The third-order valence-corrected chi connectivity index (χ3v) is 3.42. The molecule has 0 spiro atoms. The number of carbonyl (C=O) groups is 1. The third-order valence-electron chi connectivity index (χ3n) is 2.07. The number of nitrogens with one attached hydrogen (secondary N) is 1. The average molecular weight is 262 g/mol. The van der Waals surface area contributed by atoms with Crippen LogP contribution in [0.15, 0.2) is 23.1 Å². The van der Waals surface area contributed by atoms with E-state index in [1.165, 1.54) is 12.1 Å². The van der Waals surface area contributed by atoms with Gasteiger partial charge in [-0.1, -0.05) is 6.07 Å². The minimum atomic E-state index is -3.80. The maximum atomic E-state index is 11.6.